The van der Waals surface area contributed by atoms with E-state index in [2.05, 4.69) is 10.0 Å². The Morgan fingerprint density at radius 3 is 2.11 bits per heavy atom. The molecule has 1 unspecified atom stereocenters. The fraction of sp³-hybridized carbons (Fsp3) is 0.200. The van der Waals surface area contributed by atoms with E-state index >= 15 is 0 Å². The number of amides is 2. The standard InChI is InChI=1S/C10H13N3O5S/c1-6(9(14)15)19(17,18)13-8-4-2-7(3-5-8)12-10(11)16/h2-6,13H,1H3,(H,14,15)(H3,11,12,16). The van der Waals surface area contributed by atoms with Crippen LogP contribution in [0, 0.1) is 0 Å². The van der Waals surface area contributed by atoms with E-state index in [1.165, 1.54) is 24.3 Å². The molecule has 0 saturated carbocycles. The number of nitrogens with one attached hydrogen (secondary N) is 2. The molecule has 0 saturated heterocycles. The van der Waals surface area contributed by atoms with Crippen LogP contribution in [0.5, 0.6) is 0 Å². The van der Waals surface area contributed by atoms with Crippen LogP contribution in [0.15, 0.2) is 24.3 Å². The van der Waals surface area contributed by atoms with Gasteiger partial charge in [0.25, 0.3) is 0 Å². The van der Waals surface area contributed by atoms with Gasteiger partial charge in [0.05, 0.1) is 0 Å². The van der Waals surface area contributed by atoms with E-state index in [9.17, 15) is 18.0 Å². The first-order valence-electron chi connectivity index (χ1n) is 5.13. The van der Waals surface area contributed by atoms with Crippen LogP contribution in [0.3, 0.4) is 0 Å². The van der Waals surface area contributed by atoms with E-state index in [4.69, 9.17) is 10.8 Å². The molecule has 8 nitrogen and oxygen atoms in total. The van der Waals surface area contributed by atoms with E-state index in [1.807, 2.05) is 0 Å². The average Bonchev–Trinajstić information content (AvgIpc) is 2.29. The zero-order chi connectivity index (χ0) is 14.6. The predicted molar refractivity (Wildman–Crippen MR) is 69.3 cm³/mol. The number of hydrogen-bond acceptors (Lipinski definition) is 4. The minimum Gasteiger partial charge on any atom is -0.480 e. The normalized spacial score (nSPS) is 12.5. The second-order valence-corrected chi connectivity index (χ2v) is 5.70. The smallest absolute Gasteiger partial charge is 0.323 e. The molecule has 0 aliphatic rings. The lowest BCUT2D eigenvalue weighted by Gasteiger charge is -2.11. The first-order chi connectivity index (χ1) is 8.72. The molecule has 1 atom stereocenters. The van der Waals surface area contributed by atoms with Crippen LogP contribution >= 0.6 is 0 Å². The number of rotatable bonds is 5. The third-order valence-corrected chi connectivity index (χ3v) is 3.88. The van der Waals surface area contributed by atoms with Gasteiger partial charge in [0.15, 0.2) is 5.25 Å². The van der Waals surface area contributed by atoms with Crippen molar-refractivity contribution < 1.29 is 23.1 Å². The number of anilines is 2. The van der Waals surface area contributed by atoms with Crippen molar-refractivity contribution in [1.29, 1.82) is 0 Å². The van der Waals surface area contributed by atoms with Crippen LogP contribution in [-0.4, -0.2) is 30.8 Å². The van der Waals surface area contributed by atoms with E-state index in [0.29, 0.717) is 5.69 Å². The number of carbonyl (C=O) groups is 2. The number of urea groups is 1. The Bertz CT molecular complexity index is 582. The molecule has 0 heterocycles. The van der Waals surface area contributed by atoms with E-state index in [0.717, 1.165) is 6.92 Å². The summed E-state index contributed by atoms with van der Waals surface area (Å²) in [5.74, 6) is -1.44. The maximum atomic E-state index is 11.6. The molecule has 0 aromatic heterocycles. The predicted octanol–water partition coefficient (Wildman–Crippen LogP) is 0.392. The number of primary amides is 1. The van der Waals surface area contributed by atoms with Gasteiger partial charge in [-0.1, -0.05) is 0 Å². The number of aliphatic carboxylic acids is 1. The minimum absolute atomic E-state index is 0.183. The molecule has 0 spiro atoms. The molecule has 0 radical (unpaired) electrons. The molecule has 9 heteroatoms. The minimum atomic E-state index is -4.01. The van der Waals surface area contributed by atoms with E-state index in [-0.39, 0.29) is 5.69 Å². The molecular weight excluding hydrogens is 274 g/mol. The van der Waals surface area contributed by atoms with Gasteiger partial charge in [-0.3, -0.25) is 9.52 Å². The summed E-state index contributed by atoms with van der Waals surface area (Å²) in [6.07, 6.45) is 0. The van der Waals surface area contributed by atoms with Crippen molar-refractivity contribution in [3.8, 4) is 0 Å². The fourth-order valence-electron chi connectivity index (χ4n) is 1.15. The number of carbonyl (C=O) groups excluding carboxylic acids is 1. The summed E-state index contributed by atoms with van der Waals surface area (Å²) in [4.78, 5) is 21.2. The summed E-state index contributed by atoms with van der Waals surface area (Å²) in [6, 6.07) is 4.85. The SMILES string of the molecule is CC(C(=O)O)S(=O)(=O)Nc1ccc(NC(N)=O)cc1. The molecule has 1 rings (SSSR count). The molecule has 0 bridgehead atoms. The van der Waals surface area contributed by atoms with Crippen molar-refractivity contribution in [1.82, 2.24) is 0 Å². The summed E-state index contributed by atoms with van der Waals surface area (Å²) in [7, 11) is -4.01. The van der Waals surface area contributed by atoms with Crippen LogP contribution in [0.4, 0.5) is 16.2 Å². The van der Waals surface area contributed by atoms with Gasteiger partial charge < -0.3 is 16.2 Å². The summed E-state index contributed by atoms with van der Waals surface area (Å²) in [5, 5.41) is 9.39. The highest BCUT2D eigenvalue weighted by molar-refractivity contribution is 7.94. The lowest BCUT2D eigenvalue weighted by Crippen LogP contribution is -2.32. The van der Waals surface area contributed by atoms with Crippen molar-refractivity contribution in [3.63, 3.8) is 0 Å². The third kappa shape index (κ3) is 4.14. The highest BCUT2D eigenvalue weighted by Gasteiger charge is 2.27. The lowest BCUT2D eigenvalue weighted by molar-refractivity contribution is -0.136. The van der Waals surface area contributed by atoms with Crippen LogP contribution in [0.1, 0.15) is 6.92 Å². The molecule has 1 aromatic rings. The molecular formula is C10H13N3O5S. The van der Waals surface area contributed by atoms with Crippen molar-refractivity contribution in [2.75, 3.05) is 10.0 Å². The van der Waals surface area contributed by atoms with Crippen molar-refractivity contribution >= 4 is 33.4 Å². The largest absolute Gasteiger partial charge is 0.480 e. The molecule has 0 aliphatic carbocycles. The van der Waals surface area contributed by atoms with Crippen LogP contribution in [0.2, 0.25) is 0 Å². The second kappa shape index (κ2) is 5.57. The van der Waals surface area contributed by atoms with Gasteiger partial charge in [-0.15, -0.1) is 0 Å². The van der Waals surface area contributed by atoms with Gasteiger partial charge in [-0.2, -0.15) is 0 Å². The van der Waals surface area contributed by atoms with Crippen LogP contribution in [-0.2, 0) is 14.8 Å². The van der Waals surface area contributed by atoms with Gasteiger partial charge in [-0.05, 0) is 31.2 Å². The third-order valence-electron chi connectivity index (χ3n) is 2.23. The molecule has 5 N–H and O–H groups in total. The molecule has 2 amide bonds. The highest BCUT2D eigenvalue weighted by atomic mass is 32.2. The lowest BCUT2D eigenvalue weighted by atomic mass is 10.3. The molecule has 0 aliphatic heterocycles. The van der Waals surface area contributed by atoms with E-state index in [1.54, 1.807) is 0 Å². The average molecular weight is 287 g/mol. The zero-order valence-electron chi connectivity index (χ0n) is 9.95. The Balaban J connectivity index is 2.83. The van der Waals surface area contributed by atoms with Gasteiger partial charge in [0, 0.05) is 11.4 Å². The number of carboxylic acids is 1. The first kappa shape index (κ1) is 14.8. The Morgan fingerprint density at radius 1 is 1.21 bits per heavy atom. The Labute approximate surface area is 109 Å². The van der Waals surface area contributed by atoms with Crippen molar-refractivity contribution in [3.05, 3.63) is 24.3 Å². The van der Waals surface area contributed by atoms with Crippen molar-refractivity contribution in [2.24, 2.45) is 5.73 Å². The number of hydrogen-bond donors (Lipinski definition) is 4. The summed E-state index contributed by atoms with van der Waals surface area (Å²) < 4.78 is 25.4. The molecule has 0 fully saturated rings. The van der Waals surface area contributed by atoms with Gasteiger partial charge in [-0.25, -0.2) is 13.2 Å². The fourth-order valence-corrected chi connectivity index (χ4v) is 2.06. The topological polar surface area (TPSA) is 139 Å². The van der Waals surface area contributed by atoms with Crippen LogP contribution < -0.4 is 15.8 Å². The first-order valence-corrected chi connectivity index (χ1v) is 6.68. The van der Waals surface area contributed by atoms with Gasteiger partial charge in [0.1, 0.15) is 0 Å². The zero-order valence-corrected chi connectivity index (χ0v) is 10.8. The Kier molecular flexibility index (Phi) is 4.33. The number of carboxylic acid groups (broad SMARTS) is 1. The van der Waals surface area contributed by atoms with E-state index < -0.39 is 27.3 Å². The second-order valence-electron chi connectivity index (χ2n) is 3.69. The Morgan fingerprint density at radius 2 is 1.68 bits per heavy atom. The highest BCUT2D eigenvalue weighted by Crippen LogP contribution is 2.16. The van der Waals surface area contributed by atoms with Crippen molar-refractivity contribution in [2.45, 2.75) is 12.2 Å². The maximum Gasteiger partial charge on any atom is 0.323 e. The maximum absolute atomic E-state index is 11.6. The summed E-state index contributed by atoms with van der Waals surface area (Å²) in [6.45, 7) is 1.06. The summed E-state index contributed by atoms with van der Waals surface area (Å²) >= 11 is 0. The number of nitrogens with two attached hydrogens (primary N) is 1. The van der Waals surface area contributed by atoms with Gasteiger partial charge in [0.2, 0.25) is 10.0 Å². The Hall–Kier alpha value is -2.29. The molecule has 1 aromatic carbocycles. The van der Waals surface area contributed by atoms with Crippen LogP contribution in [0.25, 0.3) is 0 Å². The monoisotopic (exact) mass is 287 g/mol. The quantitative estimate of drug-likeness (QED) is 0.620. The molecule has 19 heavy (non-hydrogen) atoms. The number of sulfonamides is 1. The van der Waals surface area contributed by atoms with Gasteiger partial charge >= 0.3 is 12.0 Å². The number of benzene rings is 1. The summed E-state index contributed by atoms with van der Waals surface area (Å²) in [5.41, 5.74) is 5.48. The molecule has 104 valence electrons.